The second kappa shape index (κ2) is 11.9. The molecule has 4 aromatic carbocycles. The number of para-hydroxylation sites is 1. The molecule has 0 saturated heterocycles. The summed E-state index contributed by atoms with van der Waals surface area (Å²) in [6, 6.07) is 23.6. The molecule has 6 aromatic rings. The van der Waals surface area contributed by atoms with Crippen LogP contribution < -0.4 is 15.0 Å². The van der Waals surface area contributed by atoms with Crippen LogP contribution >= 0.6 is 55.1 Å². The lowest BCUT2D eigenvalue weighted by atomic mass is 10.2. The zero-order chi connectivity index (χ0) is 29.4. The van der Waals surface area contributed by atoms with Crippen molar-refractivity contribution in [3.63, 3.8) is 0 Å². The van der Waals surface area contributed by atoms with Gasteiger partial charge in [0.15, 0.2) is 17.3 Å². The molecule has 0 radical (unpaired) electrons. The van der Waals surface area contributed by atoms with Gasteiger partial charge >= 0.3 is 0 Å². The van der Waals surface area contributed by atoms with E-state index in [2.05, 4.69) is 37.0 Å². The Morgan fingerprint density at radius 3 is 2.62 bits per heavy atom. The van der Waals surface area contributed by atoms with Gasteiger partial charge in [-0.3, -0.25) is 4.79 Å². The molecule has 2 aromatic heterocycles. The minimum atomic E-state index is -0.359. The number of benzene rings is 4. The Kier molecular flexibility index (Phi) is 8.09. The second-order valence-corrected chi connectivity index (χ2v) is 11.6. The van der Waals surface area contributed by atoms with Gasteiger partial charge in [-0.05, 0) is 64.5 Å². The first-order valence-electron chi connectivity index (χ1n) is 12.5. The topological polar surface area (TPSA) is 78.9 Å². The molecule has 0 aliphatic heterocycles. The van der Waals surface area contributed by atoms with Gasteiger partial charge in [-0.2, -0.15) is 9.78 Å². The van der Waals surface area contributed by atoms with Crippen LogP contribution in [0.2, 0.25) is 10.0 Å². The maximum absolute atomic E-state index is 13.7. The summed E-state index contributed by atoms with van der Waals surface area (Å²) < 4.78 is 20.3. The third kappa shape index (κ3) is 5.45. The van der Waals surface area contributed by atoms with Crippen molar-refractivity contribution in [3.05, 3.63) is 119 Å². The van der Waals surface area contributed by atoms with Gasteiger partial charge in [0.25, 0.3) is 5.56 Å². The summed E-state index contributed by atoms with van der Waals surface area (Å²) in [5.41, 5.74) is 2.16. The van der Waals surface area contributed by atoms with Gasteiger partial charge in [-0.1, -0.05) is 69.5 Å². The summed E-state index contributed by atoms with van der Waals surface area (Å²) in [6.45, 7) is 0.186. The predicted molar refractivity (Wildman–Crippen MR) is 173 cm³/mol. The van der Waals surface area contributed by atoms with E-state index in [-0.39, 0.29) is 23.0 Å². The largest absolute Gasteiger partial charge is 0.493 e. The van der Waals surface area contributed by atoms with E-state index < -0.39 is 0 Å². The first-order valence-corrected chi connectivity index (χ1v) is 14.9. The molecule has 7 nitrogen and oxygen atoms in total. The van der Waals surface area contributed by atoms with Crippen molar-refractivity contribution in [3.8, 4) is 23.1 Å². The van der Waals surface area contributed by atoms with Crippen LogP contribution in [0.15, 0.2) is 102 Å². The number of fused-ring (bicyclic) bond motifs is 2. The number of rotatable bonds is 7. The van der Waals surface area contributed by atoms with E-state index in [1.807, 2.05) is 48.5 Å². The highest BCUT2D eigenvalue weighted by Gasteiger charge is 2.19. The van der Waals surface area contributed by atoms with E-state index in [4.69, 9.17) is 42.1 Å². The van der Waals surface area contributed by atoms with E-state index in [1.54, 1.807) is 30.3 Å². The maximum atomic E-state index is 13.7. The quantitative estimate of drug-likeness (QED) is 0.153. The van der Waals surface area contributed by atoms with Gasteiger partial charge in [0.1, 0.15) is 17.2 Å². The highest BCUT2D eigenvalue weighted by Crippen LogP contribution is 2.42. The van der Waals surface area contributed by atoms with E-state index in [0.717, 1.165) is 15.4 Å². The Hall–Kier alpha value is -3.63. The molecule has 0 aliphatic rings. The fraction of sp³-hybridized carbons (Fsp3) is 0.0645. The average molecular weight is 728 g/mol. The van der Waals surface area contributed by atoms with Crippen molar-refractivity contribution in [1.82, 2.24) is 9.66 Å². The van der Waals surface area contributed by atoms with Crippen LogP contribution in [0.1, 0.15) is 11.1 Å². The SMILES string of the molecule is COc1cc(C=Nn2c(-c3cc4cc(Br)ccc4o3)nc3ccccc3c2=O)c(Br)c(Cl)c1OCc1ccccc1Cl. The van der Waals surface area contributed by atoms with Gasteiger partial charge in [-0.25, -0.2) is 4.98 Å². The molecule has 0 amide bonds. The summed E-state index contributed by atoms with van der Waals surface area (Å²) >= 11 is 20.0. The second-order valence-electron chi connectivity index (χ2n) is 9.11. The Balaban J connectivity index is 1.43. The van der Waals surface area contributed by atoms with Crippen molar-refractivity contribution in [2.24, 2.45) is 5.10 Å². The summed E-state index contributed by atoms with van der Waals surface area (Å²) in [4.78, 5) is 18.4. The first kappa shape index (κ1) is 28.5. The number of hydrogen-bond acceptors (Lipinski definition) is 6. The normalized spacial score (nSPS) is 11.5. The van der Waals surface area contributed by atoms with Gasteiger partial charge in [0.2, 0.25) is 5.82 Å². The molecule has 0 aliphatic carbocycles. The minimum Gasteiger partial charge on any atom is -0.493 e. The molecular weight excluding hydrogens is 709 g/mol. The summed E-state index contributed by atoms with van der Waals surface area (Å²) in [6.07, 6.45) is 1.50. The van der Waals surface area contributed by atoms with Crippen molar-refractivity contribution in [2.45, 2.75) is 6.61 Å². The van der Waals surface area contributed by atoms with E-state index in [9.17, 15) is 4.79 Å². The van der Waals surface area contributed by atoms with Crippen LogP contribution in [0.4, 0.5) is 0 Å². The molecule has 0 N–H and O–H groups in total. The summed E-state index contributed by atoms with van der Waals surface area (Å²) in [7, 11) is 1.51. The van der Waals surface area contributed by atoms with Crippen LogP contribution in [0.25, 0.3) is 33.5 Å². The zero-order valence-corrected chi connectivity index (χ0v) is 26.5. The molecule has 0 saturated carbocycles. The molecule has 11 heteroatoms. The van der Waals surface area contributed by atoms with Crippen LogP contribution in [-0.2, 0) is 6.61 Å². The lowest BCUT2D eigenvalue weighted by Gasteiger charge is -2.15. The third-order valence-electron chi connectivity index (χ3n) is 6.47. The molecule has 0 atom stereocenters. The molecule has 0 unspecified atom stereocenters. The van der Waals surface area contributed by atoms with Crippen LogP contribution in [0, 0.1) is 0 Å². The highest BCUT2D eigenvalue weighted by atomic mass is 79.9. The predicted octanol–water partition coefficient (Wildman–Crippen LogP) is 9.11. The lowest BCUT2D eigenvalue weighted by molar-refractivity contribution is 0.284. The molecule has 0 spiro atoms. The Bertz CT molecular complexity index is 2070. The van der Waals surface area contributed by atoms with Gasteiger partial charge in [0.05, 0.1) is 24.2 Å². The molecule has 6 rings (SSSR count). The number of furan rings is 1. The standard InChI is InChI=1S/C31H19Br2Cl2N3O4/c1-40-25-14-19(27(33)28(35)29(25)41-16-17-6-2-4-8-22(17)34)15-36-38-30(37-23-9-5-3-7-21(23)31(38)39)26-13-18-12-20(32)10-11-24(18)42-26/h2-15H,16H2,1H3. The van der Waals surface area contributed by atoms with Crippen LogP contribution in [0.3, 0.4) is 0 Å². The molecule has 210 valence electrons. The van der Waals surface area contributed by atoms with Crippen LogP contribution in [0.5, 0.6) is 11.5 Å². The van der Waals surface area contributed by atoms with E-state index in [1.165, 1.54) is 18.0 Å². The third-order valence-corrected chi connectivity index (χ3v) is 8.78. The van der Waals surface area contributed by atoms with Crippen LogP contribution in [-0.4, -0.2) is 23.0 Å². The van der Waals surface area contributed by atoms with Crippen molar-refractivity contribution < 1.29 is 13.9 Å². The van der Waals surface area contributed by atoms with Crippen molar-refractivity contribution in [2.75, 3.05) is 7.11 Å². The monoisotopic (exact) mass is 725 g/mol. The van der Waals surface area contributed by atoms with E-state index >= 15 is 0 Å². The Morgan fingerprint density at radius 2 is 1.81 bits per heavy atom. The molecule has 0 fully saturated rings. The van der Waals surface area contributed by atoms with Crippen molar-refractivity contribution in [1.29, 1.82) is 0 Å². The van der Waals surface area contributed by atoms with Gasteiger partial charge in [-0.15, -0.1) is 0 Å². The van der Waals surface area contributed by atoms with E-state index in [0.29, 0.717) is 48.8 Å². The zero-order valence-electron chi connectivity index (χ0n) is 21.8. The first-order chi connectivity index (χ1) is 20.3. The fourth-order valence-corrected chi connectivity index (χ4v) is 5.61. The lowest BCUT2D eigenvalue weighted by Crippen LogP contribution is -2.20. The maximum Gasteiger partial charge on any atom is 0.282 e. The Labute approximate surface area is 266 Å². The summed E-state index contributed by atoms with van der Waals surface area (Å²) in [5.74, 6) is 1.35. The Morgan fingerprint density at radius 1 is 1.02 bits per heavy atom. The smallest absolute Gasteiger partial charge is 0.282 e. The van der Waals surface area contributed by atoms with Gasteiger partial charge in [0, 0.05) is 30.5 Å². The molecule has 2 heterocycles. The number of halogens is 4. The average Bonchev–Trinajstić information content (AvgIpc) is 3.42. The molecular formula is C31H19Br2Cl2N3O4. The molecule has 42 heavy (non-hydrogen) atoms. The number of nitrogens with zero attached hydrogens (tertiary/aromatic N) is 3. The number of ether oxygens (including phenoxy) is 2. The minimum absolute atomic E-state index is 0.186. The number of methoxy groups -OCH3 is 1. The van der Waals surface area contributed by atoms with Crippen molar-refractivity contribution >= 4 is 83.1 Å². The molecule has 0 bridgehead atoms. The number of aromatic nitrogens is 2. The summed E-state index contributed by atoms with van der Waals surface area (Å²) in [5, 5.41) is 6.66. The van der Waals surface area contributed by atoms with Gasteiger partial charge < -0.3 is 13.9 Å². The number of hydrogen-bond donors (Lipinski definition) is 0. The highest BCUT2D eigenvalue weighted by molar-refractivity contribution is 9.10. The fourth-order valence-electron chi connectivity index (χ4n) is 4.38.